The van der Waals surface area contributed by atoms with Crippen molar-refractivity contribution < 1.29 is 18.7 Å². The third-order valence-electron chi connectivity index (χ3n) is 3.04. The number of hydrogen-bond acceptors (Lipinski definition) is 3. The lowest BCUT2D eigenvalue weighted by atomic mass is 10.2. The molecule has 0 bridgehead atoms. The van der Waals surface area contributed by atoms with Crippen molar-refractivity contribution in [3.8, 4) is 11.5 Å². The molecule has 0 spiro atoms. The van der Waals surface area contributed by atoms with Gasteiger partial charge >= 0.3 is 0 Å². The average molecular weight is 366 g/mol. The molecule has 1 heterocycles. The monoisotopic (exact) mass is 365 g/mol. The van der Waals surface area contributed by atoms with Crippen LogP contribution in [0, 0.1) is 5.82 Å². The van der Waals surface area contributed by atoms with Crippen LogP contribution in [0.5, 0.6) is 11.5 Å². The van der Waals surface area contributed by atoms with Gasteiger partial charge < -0.3 is 14.8 Å². The van der Waals surface area contributed by atoms with Crippen LogP contribution in [0.25, 0.3) is 0 Å². The highest BCUT2D eigenvalue weighted by molar-refractivity contribution is 9.10. The predicted molar refractivity (Wildman–Crippen MR) is 83.8 cm³/mol. The average Bonchev–Trinajstić information content (AvgIpc) is 2.70. The topological polar surface area (TPSA) is 47.6 Å². The van der Waals surface area contributed by atoms with E-state index in [0.717, 1.165) is 0 Å². The van der Waals surface area contributed by atoms with Gasteiger partial charge in [-0.2, -0.15) is 0 Å². The van der Waals surface area contributed by atoms with Crippen molar-refractivity contribution in [1.82, 2.24) is 0 Å². The number of carbonyl (C=O) groups excluding carboxylic acids is 1. The van der Waals surface area contributed by atoms with Gasteiger partial charge in [-0.3, -0.25) is 4.79 Å². The molecule has 1 N–H and O–H groups in total. The number of halogens is 2. The number of fused-ring (bicyclic) bond motifs is 1. The molecule has 0 aromatic heterocycles. The second-order valence-electron chi connectivity index (χ2n) is 5.38. The standard InChI is InChI=1S/C16H13BrFNO3/c1-16(2)21-13-4-3-12(8-14(13)22-16)19-15(20)9-5-10(17)7-11(18)6-9/h3-8H,1-2H3,(H,19,20). The highest BCUT2D eigenvalue weighted by atomic mass is 79.9. The molecule has 0 atom stereocenters. The van der Waals surface area contributed by atoms with E-state index in [1.807, 2.05) is 0 Å². The molecule has 0 radical (unpaired) electrons. The molecule has 1 aliphatic rings. The molecular formula is C16H13BrFNO3. The van der Waals surface area contributed by atoms with Gasteiger partial charge in [-0.05, 0) is 30.3 Å². The maximum Gasteiger partial charge on any atom is 0.255 e. The molecule has 0 unspecified atom stereocenters. The fraction of sp³-hybridized carbons (Fsp3) is 0.188. The van der Waals surface area contributed by atoms with Gasteiger partial charge in [0.1, 0.15) is 5.82 Å². The third kappa shape index (κ3) is 3.06. The van der Waals surface area contributed by atoms with Crippen LogP contribution in [0.15, 0.2) is 40.9 Å². The summed E-state index contributed by atoms with van der Waals surface area (Å²) in [5, 5.41) is 2.71. The van der Waals surface area contributed by atoms with Crippen LogP contribution in [-0.2, 0) is 0 Å². The molecule has 0 aliphatic carbocycles. The molecule has 3 rings (SSSR count). The Kier molecular flexibility index (Phi) is 3.56. The van der Waals surface area contributed by atoms with Gasteiger partial charge in [0.25, 0.3) is 5.91 Å². The van der Waals surface area contributed by atoms with Crippen molar-refractivity contribution in [3.05, 3.63) is 52.3 Å². The molecule has 1 aliphatic heterocycles. The normalized spacial score (nSPS) is 14.7. The van der Waals surface area contributed by atoms with Gasteiger partial charge in [0, 0.05) is 35.6 Å². The quantitative estimate of drug-likeness (QED) is 0.860. The summed E-state index contributed by atoms with van der Waals surface area (Å²) in [6, 6.07) is 9.12. The third-order valence-corrected chi connectivity index (χ3v) is 3.50. The van der Waals surface area contributed by atoms with E-state index in [4.69, 9.17) is 9.47 Å². The summed E-state index contributed by atoms with van der Waals surface area (Å²) in [6.07, 6.45) is 0. The van der Waals surface area contributed by atoms with Crippen LogP contribution < -0.4 is 14.8 Å². The zero-order valence-electron chi connectivity index (χ0n) is 11.9. The maximum atomic E-state index is 13.3. The largest absolute Gasteiger partial charge is 0.449 e. The molecule has 2 aromatic carbocycles. The fourth-order valence-corrected chi connectivity index (χ4v) is 2.65. The SMILES string of the molecule is CC1(C)Oc2ccc(NC(=O)c3cc(F)cc(Br)c3)cc2O1. The van der Waals surface area contributed by atoms with Gasteiger partial charge in [0.05, 0.1) is 0 Å². The van der Waals surface area contributed by atoms with Gasteiger partial charge in [0.15, 0.2) is 11.5 Å². The molecule has 0 fully saturated rings. The van der Waals surface area contributed by atoms with E-state index in [9.17, 15) is 9.18 Å². The van der Waals surface area contributed by atoms with Crippen LogP contribution in [0.2, 0.25) is 0 Å². The predicted octanol–water partition coefficient (Wildman–Crippen LogP) is 4.35. The summed E-state index contributed by atoms with van der Waals surface area (Å²) in [5.41, 5.74) is 0.773. The second-order valence-corrected chi connectivity index (χ2v) is 6.29. The van der Waals surface area contributed by atoms with Crippen LogP contribution >= 0.6 is 15.9 Å². The minimum absolute atomic E-state index is 0.227. The number of hydrogen-bond donors (Lipinski definition) is 1. The first kappa shape index (κ1) is 14.8. The Balaban J connectivity index is 1.81. The molecule has 6 heteroatoms. The van der Waals surface area contributed by atoms with Crippen LogP contribution in [0.3, 0.4) is 0 Å². The first-order valence-corrected chi connectivity index (χ1v) is 7.41. The van der Waals surface area contributed by atoms with E-state index in [-0.39, 0.29) is 5.56 Å². The number of carbonyl (C=O) groups is 1. The van der Waals surface area contributed by atoms with Gasteiger partial charge in [0.2, 0.25) is 5.79 Å². The lowest BCUT2D eigenvalue weighted by Crippen LogP contribution is -2.29. The Morgan fingerprint density at radius 1 is 1.14 bits per heavy atom. The fourth-order valence-electron chi connectivity index (χ4n) is 2.19. The summed E-state index contributed by atoms with van der Waals surface area (Å²) in [7, 11) is 0. The molecule has 1 amide bonds. The summed E-state index contributed by atoms with van der Waals surface area (Å²) >= 11 is 3.16. The van der Waals surface area contributed by atoms with Crippen LogP contribution in [-0.4, -0.2) is 11.7 Å². The molecule has 2 aromatic rings. The second kappa shape index (κ2) is 5.28. The van der Waals surface area contributed by atoms with E-state index >= 15 is 0 Å². The van der Waals surface area contributed by atoms with E-state index in [1.165, 1.54) is 12.1 Å². The van der Waals surface area contributed by atoms with Crippen LogP contribution in [0.4, 0.5) is 10.1 Å². The summed E-state index contributed by atoms with van der Waals surface area (Å²) in [4.78, 5) is 12.2. The first-order valence-electron chi connectivity index (χ1n) is 6.62. The van der Waals surface area contributed by atoms with Crippen molar-refractivity contribution in [2.75, 3.05) is 5.32 Å². The molecule has 0 saturated carbocycles. The van der Waals surface area contributed by atoms with Crippen molar-refractivity contribution in [2.24, 2.45) is 0 Å². The molecule has 22 heavy (non-hydrogen) atoms. The Morgan fingerprint density at radius 3 is 2.59 bits per heavy atom. The minimum atomic E-state index is -0.724. The van der Waals surface area contributed by atoms with Gasteiger partial charge in [-0.1, -0.05) is 15.9 Å². The van der Waals surface area contributed by atoms with Crippen molar-refractivity contribution in [3.63, 3.8) is 0 Å². The molecular weight excluding hydrogens is 353 g/mol. The Morgan fingerprint density at radius 2 is 1.86 bits per heavy atom. The number of ether oxygens (including phenoxy) is 2. The molecule has 0 saturated heterocycles. The number of rotatable bonds is 2. The van der Waals surface area contributed by atoms with E-state index in [1.54, 1.807) is 38.1 Å². The number of amides is 1. The highest BCUT2D eigenvalue weighted by Gasteiger charge is 2.31. The van der Waals surface area contributed by atoms with Crippen molar-refractivity contribution >= 4 is 27.5 Å². The number of benzene rings is 2. The van der Waals surface area contributed by atoms with E-state index in [0.29, 0.717) is 21.7 Å². The zero-order valence-corrected chi connectivity index (χ0v) is 13.5. The Hall–Kier alpha value is -2.08. The maximum absolute atomic E-state index is 13.3. The summed E-state index contributed by atoms with van der Waals surface area (Å²) in [6.45, 7) is 3.60. The van der Waals surface area contributed by atoms with Gasteiger partial charge in [-0.15, -0.1) is 0 Å². The van der Waals surface area contributed by atoms with Crippen molar-refractivity contribution in [1.29, 1.82) is 0 Å². The lowest BCUT2D eigenvalue weighted by molar-refractivity contribution is -0.0431. The smallest absolute Gasteiger partial charge is 0.255 e. The van der Waals surface area contributed by atoms with Crippen molar-refractivity contribution in [2.45, 2.75) is 19.6 Å². The first-order chi connectivity index (χ1) is 10.3. The zero-order chi connectivity index (χ0) is 15.9. The van der Waals surface area contributed by atoms with E-state index in [2.05, 4.69) is 21.2 Å². The molecule has 4 nitrogen and oxygen atoms in total. The summed E-state index contributed by atoms with van der Waals surface area (Å²) in [5.74, 6) is -0.428. The molecule has 114 valence electrons. The Labute approximate surface area is 135 Å². The highest BCUT2D eigenvalue weighted by Crippen LogP contribution is 2.40. The van der Waals surface area contributed by atoms with E-state index < -0.39 is 17.5 Å². The minimum Gasteiger partial charge on any atom is -0.449 e. The van der Waals surface area contributed by atoms with Gasteiger partial charge in [-0.25, -0.2) is 4.39 Å². The van der Waals surface area contributed by atoms with Crippen LogP contribution in [0.1, 0.15) is 24.2 Å². The number of anilines is 1. The Bertz CT molecular complexity index is 741. The number of nitrogens with one attached hydrogen (secondary N) is 1. The summed E-state index contributed by atoms with van der Waals surface area (Å²) < 4.78 is 25.0. The lowest BCUT2D eigenvalue weighted by Gasteiger charge is -2.16.